The largest absolute Gasteiger partial charge is 0.310 e. The van der Waals surface area contributed by atoms with Crippen molar-refractivity contribution in [2.75, 3.05) is 0 Å². The molecule has 4 heterocycles. The van der Waals surface area contributed by atoms with E-state index in [0.717, 1.165) is 0 Å². The van der Waals surface area contributed by atoms with Crippen molar-refractivity contribution in [2.45, 2.75) is 216 Å². The lowest BCUT2D eigenvalue weighted by molar-refractivity contribution is 0.552. The van der Waals surface area contributed by atoms with E-state index in [4.69, 9.17) is 0 Å². The monoisotopic (exact) mass is 1040 g/mol. The van der Waals surface area contributed by atoms with Crippen LogP contribution in [0.2, 0.25) is 0 Å². The van der Waals surface area contributed by atoms with Crippen molar-refractivity contribution in [3.8, 4) is 11.4 Å². The molecule has 0 saturated heterocycles. The van der Waals surface area contributed by atoms with E-state index in [1.807, 2.05) is 0 Å². The number of aromatic nitrogens is 2. The Morgan fingerprint density at radius 2 is 0.646 bits per heavy atom. The number of para-hydroxylation sites is 1. The highest BCUT2D eigenvalue weighted by Gasteiger charge is 2.46. The van der Waals surface area contributed by atoms with Gasteiger partial charge in [-0.25, -0.2) is 0 Å². The summed E-state index contributed by atoms with van der Waals surface area (Å²) < 4.78 is 5.45. The second-order valence-electron chi connectivity index (χ2n) is 32.9. The first-order valence-corrected chi connectivity index (χ1v) is 29.9. The van der Waals surface area contributed by atoms with Crippen LogP contribution in [0.25, 0.3) is 55.0 Å². The normalized spacial score (nSPS) is 14.6. The Bertz CT molecular complexity index is 3960. The molecule has 408 valence electrons. The van der Waals surface area contributed by atoms with Gasteiger partial charge in [0.25, 0.3) is 0 Å². The van der Waals surface area contributed by atoms with Crippen LogP contribution in [-0.2, 0) is 43.3 Å². The van der Waals surface area contributed by atoms with Gasteiger partial charge in [0.05, 0.1) is 11.0 Å². The van der Waals surface area contributed by atoms with E-state index in [2.05, 4.69) is 285 Å². The standard InChI is InChI=1S/C75H92B2N2/c1-43-32-50-49-34-44(68(2,3)4)30-31-61(49)79-63-42-57-62(41-56(63)76(58(33-43)66(50)79)64-52(72(14,15)16)36-46(70(8,9)10)37-53(64)73(17,18)19)78-60-29-27-26-28-48(60)51-35-45(69(5,6)7)40-59(67(51)78)77(57)65-54(74(20,21)22)38-47(71(11,12)13)39-55(65)75(23,24)25/h26-42H,1-25H3. The minimum atomic E-state index is -0.156. The third-order valence-electron chi connectivity index (χ3n) is 18.4. The minimum absolute atomic E-state index is 0.0115. The van der Waals surface area contributed by atoms with Gasteiger partial charge < -0.3 is 9.13 Å². The smallest absolute Gasteiger partial charge is 0.247 e. The lowest BCUT2D eigenvalue weighted by Gasteiger charge is -2.40. The fourth-order valence-corrected chi connectivity index (χ4v) is 14.0. The summed E-state index contributed by atoms with van der Waals surface area (Å²) in [5.74, 6) is 0. The number of rotatable bonds is 2. The maximum atomic E-state index is 2.74. The molecule has 0 bridgehead atoms. The SMILES string of the molecule is Cc1cc2c3c(c1)c1cc(C(C)(C)C)ccc1n3-c1cc3c(cc1B2c1c(C(C)(C)C)cc(C(C)(C)C)cc1C(C)(C)C)-n1c2ccccc2c2cc(C(C)(C)C)cc(c21)B3c1c(C(C)(C)C)cc(C(C)(C)C)cc1C(C)(C)C. The molecule has 2 aliphatic heterocycles. The van der Waals surface area contributed by atoms with Crippen molar-refractivity contribution < 1.29 is 0 Å². The van der Waals surface area contributed by atoms with E-state index in [0.29, 0.717) is 0 Å². The van der Waals surface area contributed by atoms with Gasteiger partial charge in [0.2, 0.25) is 13.4 Å². The molecule has 11 rings (SSSR count). The van der Waals surface area contributed by atoms with Crippen LogP contribution in [0.1, 0.15) is 216 Å². The van der Waals surface area contributed by atoms with Crippen molar-refractivity contribution in [1.82, 2.24) is 9.13 Å². The van der Waals surface area contributed by atoms with E-state index < -0.39 is 0 Å². The van der Waals surface area contributed by atoms with Crippen LogP contribution in [0.4, 0.5) is 0 Å². The Hall–Kier alpha value is -5.73. The lowest BCUT2D eigenvalue weighted by atomic mass is 9.30. The third kappa shape index (κ3) is 8.72. The van der Waals surface area contributed by atoms with Crippen molar-refractivity contribution in [3.63, 3.8) is 0 Å². The molecule has 0 saturated carbocycles. The second-order valence-corrected chi connectivity index (χ2v) is 32.9. The van der Waals surface area contributed by atoms with E-state index in [1.54, 1.807) is 0 Å². The molecule has 2 aliphatic rings. The molecule has 0 fully saturated rings. The van der Waals surface area contributed by atoms with Crippen molar-refractivity contribution in [2.24, 2.45) is 0 Å². The van der Waals surface area contributed by atoms with E-state index in [-0.39, 0.29) is 56.7 Å². The van der Waals surface area contributed by atoms with Gasteiger partial charge in [-0.05, 0) is 159 Å². The van der Waals surface area contributed by atoms with Gasteiger partial charge in [0.1, 0.15) is 0 Å². The van der Waals surface area contributed by atoms with Crippen molar-refractivity contribution in [3.05, 3.63) is 153 Å². The topological polar surface area (TPSA) is 9.86 Å². The highest BCUT2D eigenvalue weighted by molar-refractivity contribution is 7.00. The van der Waals surface area contributed by atoms with Crippen LogP contribution in [0.5, 0.6) is 0 Å². The minimum Gasteiger partial charge on any atom is -0.310 e. The number of aryl methyl sites for hydroxylation is 1. The molecule has 79 heavy (non-hydrogen) atoms. The number of nitrogens with zero attached hydrogens (tertiary/aromatic N) is 2. The Labute approximate surface area is 477 Å². The highest BCUT2D eigenvalue weighted by atomic mass is 15.0. The van der Waals surface area contributed by atoms with Crippen LogP contribution >= 0.6 is 0 Å². The van der Waals surface area contributed by atoms with Gasteiger partial charge in [-0.3, -0.25) is 0 Å². The van der Waals surface area contributed by atoms with Gasteiger partial charge in [-0.2, -0.15) is 0 Å². The van der Waals surface area contributed by atoms with E-state index >= 15 is 0 Å². The molecule has 7 aromatic carbocycles. The fourth-order valence-electron chi connectivity index (χ4n) is 14.0. The third-order valence-corrected chi connectivity index (χ3v) is 18.4. The number of fused-ring (bicyclic) bond motifs is 10. The molecular weight excluding hydrogens is 950 g/mol. The van der Waals surface area contributed by atoms with Crippen LogP contribution in [0.15, 0.2) is 103 Å². The molecule has 4 heteroatoms. The van der Waals surface area contributed by atoms with Crippen molar-refractivity contribution >= 4 is 89.8 Å². The zero-order valence-corrected chi connectivity index (χ0v) is 53.4. The predicted octanol–water partition coefficient (Wildman–Crippen LogP) is 16.2. The molecule has 0 unspecified atom stereocenters. The summed E-state index contributed by atoms with van der Waals surface area (Å²) in [5.41, 5.74) is 28.2. The average Bonchev–Trinajstić information content (AvgIpc) is 2.69. The van der Waals surface area contributed by atoms with Gasteiger partial charge in [0.15, 0.2) is 0 Å². The predicted molar refractivity (Wildman–Crippen MR) is 352 cm³/mol. The molecule has 0 N–H and O–H groups in total. The Morgan fingerprint density at radius 1 is 0.291 bits per heavy atom. The average molecular weight is 1040 g/mol. The highest BCUT2D eigenvalue weighted by Crippen LogP contribution is 2.43. The Morgan fingerprint density at radius 3 is 1.05 bits per heavy atom. The summed E-state index contributed by atoms with van der Waals surface area (Å²) in [6.45, 7) is 60.4. The second kappa shape index (κ2) is 17.2. The van der Waals surface area contributed by atoms with Crippen LogP contribution in [0.3, 0.4) is 0 Å². The molecule has 2 aromatic heterocycles. The zero-order chi connectivity index (χ0) is 57.8. The maximum absolute atomic E-state index is 2.74. The summed E-state index contributed by atoms with van der Waals surface area (Å²) in [6.07, 6.45) is 0. The van der Waals surface area contributed by atoms with Gasteiger partial charge in [0, 0.05) is 44.0 Å². The quantitative estimate of drug-likeness (QED) is 0.153. The van der Waals surface area contributed by atoms with Crippen LogP contribution in [0, 0.1) is 6.92 Å². The maximum Gasteiger partial charge on any atom is 0.247 e. The van der Waals surface area contributed by atoms with Gasteiger partial charge >= 0.3 is 0 Å². The summed E-state index contributed by atoms with van der Waals surface area (Å²) in [7, 11) is 0. The summed E-state index contributed by atoms with van der Waals surface area (Å²) in [4.78, 5) is 0. The summed E-state index contributed by atoms with van der Waals surface area (Å²) in [5, 5.41) is 5.35. The molecule has 9 aromatic rings. The molecule has 0 spiro atoms. The van der Waals surface area contributed by atoms with Gasteiger partial charge in [-0.15, -0.1) is 0 Å². The van der Waals surface area contributed by atoms with E-state index in [1.165, 1.54) is 138 Å². The summed E-state index contributed by atoms with van der Waals surface area (Å²) in [6, 6.07) is 42.9. The molecule has 0 amide bonds. The molecular formula is C75H92B2N2. The fraction of sp³-hybridized carbons (Fsp3) is 0.440. The van der Waals surface area contributed by atoms with Crippen LogP contribution < -0.4 is 32.8 Å². The molecule has 0 aliphatic carbocycles. The number of hydrogen-bond acceptors (Lipinski definition) is 0. The first-order valence-electron chi connectivity index (χ1n) is 29.9. The zero-order valence-electron chi connectivity index (χ0n) is 53.4. The first kappa shape index (κ1) is 55.2. The van der Waals surface area contributed by atoms with Gasteiger partial charge in [-0.1, -0.05) is 243 Å². The number of hydrogen-bond donors (Lipinski definition) is 0. The Balaban J connectivity index is 1.42. The Kier molecular flexibility index (Phi) is 12.0. The van der Waals surface area contributed by atoms with Crippen molar-refractivity contribution in [1.29, 1.82) is 0 Å². The molecule has 0 atom stereocenters. The van der Waals surface area contributed by atoms with E-state index in [9.17, 15) is 0 Å². The lowest BCUT2D eigenvalue weighted by Crippen LogP contribution is -2.63. The first-order chi connectivity index (χ1) is 36.2. The molecule has 2 nitrogen and oxygen atoms in total. The van der Waals surface area contributed by atoms with Crippen LogP contribution in [-0.4, -0.2) is 22.6 Å². The molecule has 0 radical (unpaired) electrons. The number of benzene rings is 7. The summed E-state index contributed by atoms with van der Waals surface area (Å²) >= 11 is 0.